The summed E-state index contributed by atoms with van der Waals surface area (Å²) < 4.78 is 10.8. The van der Waals surface area contributed by atoms with Gasteiger partial charge in [-0.1, -0.05) is 35.9 Å². The smallest absolute Gasteiger partial charge is 0.408 e. The Morgan fingerprint density at radius 3 is 2.19 bits per heavy atom. The van der Waals surface area contributed by atoms with Crippen molar-refractivity contribution < 1.29 is 29.0 Å². The van der Waals surface area contributed by atoms with Gasteiger partial charge in [0.2, 0.25) is 5.91 Å². The second kappa shape index (κ2) is 13.2. The summed E-state index contributed by atoms with van der Waals surface area (Å²) in [7, 11) is 1.57. The quantitative estimate of drug-likeness (QED) is 0.275. The molecule has 9 nitrogen and oxygen atoms in total. The molecule has 9 heteroatoms. The minimum atomic E-state index is -1.03. The van der Waals surface area contributed by atoms with Crippen LogP contribution in [-0.4, -0.2) is 52.7 Å². The van der Waals surface area contributed by atoms with Gasteiger partial charge in [0.25, 0.3) is 5.91 Å². The van der Waals surface area contributed by atoms with Crippen LogP contribution in [-0.2, 0) is 20.7 Å². The summed E-state index contributed by atoms with van der Waals surface area (Å²) in [5.74, 6) is -0.00485. The van der Waals surface area contributed by atoms with Gasteiger partial charge in [0.1, 0.15) is 29.2 Å². The number of carbonyl (C=O) groups excluding carboxylic acids is 3. The van der Waals surface area contributed by atoms with Crippen molar-refractivity contribution >= 4 is 23.6 Å². The largest absolute Gasteiger partial charge is 0.508 e. The monoisotopic (exact) mass is 587 g/mol. The van der Waals surface area contributed by atoms with Crippen molar-refractivity contribution in [2.75, 3.05) is 12.4 Å². The Balaban J connectivity index is 1.73. The second-order valence-electron chi connectivity index (χ2n) is 12.0. The lowest BCUT2D eigenvalue weighted by Crippen LogP contribution is -2.54. The Morgan fingerprint density at radius 1 is 0.977 bits per heavy atom. The van der Waals surface area contributed by atoms with Crippen molar-refractivity contribution in [3.05, 3.63) is 89.0 Å². The molecule has 228 valence electrons. The molecular formula is C34H41N3O6. The molecule has 1 saturated carbocycles. The van der Waals surface area contributed by atoms with Crippen LogP contribution in [0.5, 0.6) is 11.5 Å². The molecule has 3 N–H and O–H groups in total. The molecule has 2 unspecified atom stereocenters. The van der Waals surface area contributed by atoms with E-state index in [1.807, 2.05) is 32.0 Å². The molecule has 43 heavy (non-hydrogen) atoms. The summed E-state index contributed by atoms with van der Waals surface area (Å²) in [6.07, 6.45) is 0.885. The SMILES string of the molecule is COc1ccc(NC(=O)C(c2ccc(C)cc2C)N(C(=O)C(Cc2ccc(O)cc2)NC(=O)OC(C)(C)C)C2CC2)cc1. The van der Waals surface area contributed by atoms with E-state index in [1.165, 1.54) is 12.1 Å². The van der Waals surface area contributed by atoms with Gasteiger partial charge in [0.05, 0.1) is 7.11 Å². The zero-order chi connectivity index (χ0) is 31.3. The average Bonchev–Trinajstić information content (AvgIpc) is 3.77. The number of methoxy groups -OCH3 is 1. The first-order chi connectivity index (χ1) is 20.3. The van der Waals surface area contributed by atoms with Crippen LogP contribution in [0.15, 0.2) is 66.7 Å². The molecule has 3 amide bonds. The summed E-state index contributed by atoms with van der Waals surface area (Å²) in [6.45, 7) is 9.16. The van der Waals surface area contributed by atoms with Gasteiger partial charge in [-0.2, -0.15) is 0 Å². The van der Waals surface area contributed by atoms with E-state index in [9.17, 15) is 19.5 Å². The van der Waals surface area contributed by atoms with Crippen LogP contribution in [0.2, 0.25) is 0 Å². The van der Waals surface area contributed by atoms with E-state index in [0.29, 0.717) is 17.0 Å². The van der Waals surface area contributed by atoms with Crippen LogP contribution >= 0.6 is 0 Å². The summed E-state index contributed by atoms with van der Waals surface area (Å²) in [5.41, 5.74) is 3.15. The lowest BCUT2D eigenvalue weighted by molar-refractivity contribution is -0.141. The molecule has 0 radical (unpaired) electrons. The molecule has 1 aliphatic rings. The first-order valence-corrected chi connectivity index (χ1v) is 14.5. The maximum Gasteiger partial charge on any atom is 0.408 e. The summed E-state index contributed by atoms with van der Waals surface area (Å²) in [6, 6.07) is 17.1. The van der Waals surface area contributed by atoms with Crippen LogP contribution in [0.3, 0.4) is 0 Å². The molecule has 0 saturated heterocycles. The predicted molar refractivity (Wildman–Crippen MR) is 165 cm³/mol. The van der Waals surface area contributed by atoms with Crippen molar-refractivity contribution in [3.8, 4) is 11.5 Å². The lowest BCUT2D eigenvalue weighted by atomic mass is 9.95. The van der Waals surface area contributed by atoms with Crippen molar-refractivity contribution in [3.63, 3.8) is 0 Å². The van der Waals surface area contributed by atoms with E-state index < -0.39 is 29.7 Å². The molecule has 4 rings (SSSR count). The van der Waals surface area contributed by atoms with Crippen molar-refractivity contribution in [2.24, 2.45) is 0 Å². The minimum absolute atomic E-state index is 0.0939. The number of nitrogens with zero attached hydrogens (tertiary/aromatic N) is 1. The number of ether oxygens (including phenoxy) is 2. The number of phenolic OH excluding ortho intramolecular Hbond substituents is 1. The fraction of sp³-hybridized carbons (Fsp3) is 0.382. The number of amides is 3. The number of hydrogen-bond acceptors (Lipinski definition) is 6. The topological polar surface area (TPSA) is 117 Å². The molecule has 1 aliphatic carbocycles. The lowest BCUT2D eigenvalue weighted by Gasteiger charge is -2.35. The van der Waals surface area contributed by atoms with Crippen LogP contribution in [0.25, 0.3) is 0 Å². The van der Waals surface area contributed by atoms with Gasteiger partial charge < -0.3 is 30.1 Å². The van der Waals surface area contributed by atoms with Crippen LogP contribution in [0.4, 0.5) is 10.5 Å². The zero-order valence-corrected chi connectivity index (χ0v) is 25.6. The number of anilines is 1. The van der Waals surface area contributed by atoms with Crippen LogP contribution in [0, 0.1) is 13.8 Å². The molecule has 3 aromatic rings. The van der Waals surface area contributed by atoms with Crippen LogP contribution in [0.1, 0.15) is 61.9 Å². The summed E-state index contributed by atoms with van der Waals surface area (Å²) >= 11 is 0. The standard InChI is InChI=1S/C34H41N3O6/c1-21-7-18-28(22(2)19-21)30(31(39)35-24-10-16-27(42-6)17-11-24)37(25-12-13-25)32(40)29(36-33(41)43-34(3,4)5)20-23-8-14-26(38)15-9-23/h7-11,14-19,25,29-30,38H,12-13,20H2,1-6H3,(H,35,39)(H,36,41). The fourth-order valence-electron chi connectivity index (χ4n) is 5.00. The third-order valence-corrected chi connectivity index (χ3v) is 7.16. The Labute approximate surface area is 253 Å². The van der Waals surface area contributed by atoms with Crippen LogP contribution < -0.4 is 15.4 Å². The molecule has 0 bridgehead atoms. The Bertz CT molecular complexity index is 1440. The van der Waals surface area contributed by atoms with E-state index in [0.717, 1.165) is 29.5 Å². The van der Waals surface area contributed by atoms with Gasteiger partial charge in [-0.05, 0) is 101 Å². The third-order valence-electron chi connectivity index (χ3n) is 7.16. The third kappa shape index (κ3) is 8.50. The van der Waals surface area contributed by atoms with Crippen molar-refractivity contribution in [1.82, 2.24) is 10.2 Å². The van der Waals surface area contributed by atoms with E-state index in [-0.39, 0.29) is 24.1 Å². The van der Waals surface area contributed by atoms with E-state index in [1.54, 1.807) is 69.2 Å². The highest BCUT2D eigenvalue weighted by molar-refractivity contribution is 5.99. The molecule has 0 heterocycles. The molecule has 0 aliphatic heterocycles. The predicted octanol–water partition coefficient (Wildman–Crippen LogP) is 5.82. The second-order valence-corrected chi connectivity index (χ2v) is 12.0. The molecular weight excluding hydrogens is 546 g/mol. The summed E-state index contributed by atoms with van der Waals surface area (Å²) in [4.78, 5) is 43.3. The first kappa shape index (κ1) is 31.4. The number of aryl methyl sites for hydroxylation is 2. The molecule has 2 atom stereocenters. The maximum absolute atomic E-state index is 14.5. The number of carbonyl (C=O) groups is 3. The Kier molecular flexibility index (Phi) is 9.63. The number of benzene rings is 3. The Hall–Kier alpha value is -4.53. The fourth-order valence-corrected chi connectivity index (χ4v) is 5.00. The van der Waals surface area contributed by atoms with Gasteiger partial charge in [-0.3, -0.25) is 9.59 Å². The van der Waals surface area contributed by atoms with E-state index >= 15 is 0 Å². The number of alkyl carbamates (subject to hydrolysis) is 1. The highest BCUT2D eigenvalue weighted by Crippen LogP contribution is 2.37. The minimum Gasteiger partial charge on any atom is -0.508 e. The molecule has 0 aromatic heterocycles. The number of nitrogens with one attached hydrogen (secondary N) is 2. The van der Waals surface area contributed by atoms with Crippen molar-refractivity contribution in [1.29, 1.82) is 0 Å². The van der Waals surface area contributed by atoms with Gasteiger partial charge in [-0.15, -0.1) is 0 Å². The van der Waals surface area contributed by atoms with Gasteiger partial charge in [0.15, 0.2) is 0 Å². The van der Waals surface area contributed by atoms with E-state index in [2.05, 4.69) is 10.6 Å². The van der Waals surface area contributed by atoms with Gasteiger partial charge in [-0.25, -0.2) is 4.79 Å². The first-order valence-electron chi connectivity index (χ1n) is 14.5. The van der Waals surface area contributed by atoms with Gasteiger partial charge >= 0.3 is 6.09 Å². The molecule has 1 fully saturated rings. The zero-order valence-electron chi connectivity index (χ0n) is 25.6. The normalized spacial score (nSPS) is 14.3. The number of phenols is 1. The van der Waals surface area contributed by atoms with E-state index in [4.69, 9.17) is 9.47 Å². The average molecular weight is 588 g/mol. The molecule has 3 aromatic carbocycles. The highest BCUT2D eigenvalue weighted by atomic mass is 16.6. The number of rotatable bonds is 10. The number of aromatic hydroxyl groups is 1. The highest BCUT2D eigenvalue weighted by Gasteiger charge is 2.44. The number of hydrogen-bond donors (Lipinski definition) is 3. The van der Waals surface area contributed by atoms with Crippen molar-refractivity contribution in [2.45, 2.75) is 77.6 Å². The summed E-state index contributed by atoms with van der Waals surface area (Å²) in [5, 5.41) is 15.5. The van der Waals surface area contributed by atoms with Gasteiger partial charge in [0, 0.05) is 18.2 Å². The molecule has 0 spiro atoms. The maximum atomic E-state index is 14.5. The Morgan fingerprint density at radius 2 is 1.63 bits per heavy atom.